The summed E-state index contributed by atoms with van der Waals surface area (Å²) >= 11 is 2.02. The highest BCUT2D eigenvalue weighted by molar-refractivity contribution is 7.99. The SMILES string of the molecule is CCCCCCCCSCC(C)=NC. The second kappa shape index (κ2) is 11.1. The van der Waals surface area contributed by atoms with E-state index in [9.17, 15) is 0 Å². The standard InChI is InChI=1S/C12H25NS/c1-4-5-6-7-8-9-10-14-11-12(2)13-3/h4-11H2,1-3H3. The fourth-order valence-electron chi connectivity index (χ4n) is 1.27. The number of hydrogen-bond donors (Lipinski definition) is 0. The molecule has 1 nitrogen and oxygen atoms in total. The fourth-order valence-corrected chi connectivity index (χ4v) is 2.25. The molecule has 0 rings (SSSR count). The molecule has 0 aromatic heterocycles. The molecule has 0 fully saturated rings. The molecule has 84 valence electrons. The van der Waals surface area contributed by atoms with Gasteiger partial charge < -0.3 is 0 Å². The first-order valence-corrected chi connectivity index (χ1v) is 6.96. The Balaban J connectivity index is 2.99. The second-order valence-corrected chi connectivity index (χ2v) is 4.88. The Hall–Kier alpha value is 0.0200. The molecular weight excluding hydrogens is 190 g/mol. The average molecular weight is 215 g/mol. The summed E-state index contributed by atoms with van der Waals surface area (Å²) < 4.78 is 0. The van der Waals surface area contributed by atoms with Gasteiger partial charge in [-0.15, -0.1) is 0 Å². The Morgan fingerprint density at radius 3 is 2.36 bits per heavy atom. The van der Waals surface area contributed by atoms with Crippen molar-refractivity contribution < 1.29 is 0 Å². The molecule has 0 aromatic carbocycles. The van der Waals surface area contributed by atoms with Crippen LogP contribution in [0.25, 0.3) is 0 Å². The molecule has 0 atom stereocenters. The van der Waals surface area contributed by atoms with E-state index in [1.165, 1.54) is 50.0 Å². The van der Waals surface area contributed by atoms with E-state index < -0.39 is 0 Å². The maximum atomic E-state index is 4.14. The van der Waals surface area contributed by atoms with E-state index in [0.717, 1.165) is 5.75 Å². The van der Waals surface area contributed by atoms with Gasteiger partial charge in [0.25, 0.3) is 0 Å². The second-order valence-electron chi connectivity index (χ2n) is 3.78. The highest BCUT2D eigenvalue weighted by atomic mass is 32.2. The Bertz CT molecular complexity index is 143. The van der Waals surface area contributed by atoms with Crippen molar-refractivity contribution in [1.82, 2.24) is 0 Å². The highest BCUT2D eigenvalue weighted by Gasteiger charge is 1.93. The van der Waals surface area contributed by atoms with Crippen molar-refractivity contribution in [3.63, 3.8) is 0 Å². The van der Waals surface area contributed by atoms with Crippen LogP contribution in [0.1, 0.15) is 52.4 Å². The molecule has 14 heavy (non-hydrogen) atoms. The van der Waals surface area contributed by atoms with Crippen molar-refractivity contribution in [3.8, 4) is 0 Å². The van der Waals surface area contributed by atoms with Crippen LogP contribution in [-0.2, 0) is 0 Å². The molecule has 0 aliphatic heterocycles. The minimum absolute atomic E-state index is 1.12. The third-order valence-electron chi connectivity index (χ3n) is 2.33. The van der Waals surface area contributed by atoms with Crippen LogP contribution in [0.4, 0.5) is 0 Å². The lowest BCUT2D eigenvalue weighted by Gasteiger charge is -2.01. The van der Waals surface area contributed by atoms with Crippen molar-refractivity contribution in [2.75, 3.05) is 18.6 Å². The van der Waals surface area contributed by atoms with Crippen molar-refractivity contribution >= 4 is 17.5 Å². The van der Waals surface area contributed by atoms with E-state index in [1.807, 2.05) is 18.8 Å². The van der Waals surface area contributed by atoms with Gasteiger partial charge in [0.15, 0.2) is 0 Å². The van der Waals surface area contributed by atoms with Gasteiger partial charge in [0, 0.05) is 18.5 Å². The molecule has 0 radical (unpaired) electrons. The maximum absolute atomic E-state index is 4.14. The van der Waals surface area contributed by atoms with Crippen LogP contribution in [-0.4, -0.2) is 24.3 Å². The van der Waals surface area contributed by atoms with Crippen LogP contribution in [0.2, 0.25) is 0 Å². The number of unbranched alkanes of at least 4 members (excludes halogenated alkanes) is 5. The molecule has 0 N–H and O–H groups in total. The van der Waals surface area contributed by atoms with Gasteiger partial charge in [-0.1, -0.05) is 39.0 Å². The normalized spacial score (nSPS) is 12.1. The third-order valence-corrected chi connectivity index (χ3v) is 3.53. The van der Waals surface area contributed by atoms with Crippen molar-refractivity contribution in [3.05, 3.63) is 0 Å². The number of hydrogen-bond acceptors (Lipinski definition) is 2. The summed E-state index contributed by atoms with van der Waals surface area (Å²) in [6.45, 7) is 4.37. The smallest absolute Gasteiger partial charge is 0.0311 e. The first-order chi connectivity index (χ1) is 6.81. The molecule has 0 aromatic rings. The first kappa shape index (κ1) is 14.0. The van der Waals surface area contributed by atoms with E-state index >= 15 is 0 Å². The number of rotatable bonds is 9. The zero-order valence-electron chi connectivity index (χ0n) is 10.0. The topological polar surface area (TPSA) is 12.4 Å². The van der Waals surface area contributed by atoms with Crippen LogP contribution >= 0.6 is 11.8 Å². The van der Waals surface area contributed by atoms with Gasteiger partial charge in [-0.2, -0.15) is 11.8 Å². The molecule has 0 aliphatic carbocycles. The van der Waals surface area contributed by atoms with Gasteiger partial charge in [-0.25, -0.2) is 0 Å². The predicted octanol–water partition coefficient (Wildman–Crippen LogP) is 4.17. The Kier molecular flexibility index (Phi) is 11.1. The molecule has 0 unspecified atom stereocenters. The Morgan fingerprint density at radius 1 is 1.07 bits per heavy atom. The summed E-state index contributed by atoms with van der Waals surface area (Å²) in [6.07, 6.45) is 8.40. The van der Waals surface area contributed by atoms with Crippen LogP contribution in [0.3, 0.4) is 0 Å². The number of aliphatic imine (C=N–C) groups is 1. The molecule has 2 heteroatoms. The largest absolute Gasteiger partial charge is 0.297 e. The Morgan fingerprint density at radius 2 is 1.71 bits per heavy atom. The minimum atomic E-state index is 1.12. The number of thioether (sulfide) groups is 1. The molecule has 0 amide bonds. The maximum Gasteiger partial charge on any atom is 0.0311 e. The van der Waals surface area contributed by atoms with Crippen molar-refractivity contribution in [2.45, 2.75) is 52.4 Å². The van der Waals surface area contributed by atoms with E-state index in [0.29, 0.717) is 0 Å². The summed E-state index contributed by atoms with van der Waals surface area (Å²) in [6, 6.07) is 0. The van der Waals surface area contributed by atoms with Crippen LogP contribution in [0.5, 0.6) is 0 Å². The number of nitrogens with zero attached hydrogens (tertiary/aromatic N) is 1. The third kappa shape index (κ3) is 10.1. The molecule has 0 heterocycles. The lowest BCUT2D eigenvalue weighted by molar-refractivity contribution is 0.627. The van der Waals surface area contributed by atoms with Gasteiger partial charge in [-0.05, 0) is 19.1 Å². The van der Waals surface area contributed by atoms with Crippen LogP contribution in [0, 0.1) is 0 Å². The van der Waals surface area contributed by atoms with Crippen LogP contribution in [0.15, 0.2) is 4.99 Å². The van der Waals surface area contributed by atoms with E-state index in [-0.39, 0.29) is 0 Å². The van der Waals surface area contributed by atoms with Crippen LogP contribution < -0.4 is 0 Å². The van der Waals surface area contributed by atoms with Crippen molar-refractivity contribution in [2.24, 2.45) is 4.99 Å². The Labute approximate surface area is 93.8 Å². The highest BCUT2D eigenvalue weighted by Crippen LogP contribution is 2.09. The summed E-state index contributed by atoms with van der Waals surface area (Å²) in [5.41, 5.74) is 1.26. The van der Waals surface area contributed by atoms with Gasteiger partial charge in [-0.3, -0.25) is 4.99 Å². The minimum Gasteiger partial charge on any atom is -0.297 e. The molecule has 0 aliphatic rings. The van der Waals surface area contributed by atoms with Crippen molar-refractivity contribution in [1.29, 1.82) is 0 Å². The zero-order chi connectivity index (χ0) is 10.6. The summed E-state index contributed by atoms with van der Waals surface area (Å²) in [5, 5.41) is 0. The lowest BCUT2D eigenvalue weighted by Crippen LogP contribution is -1.95. The van der Waals surface area contributed by atoms with Gasteiger partial charge in [0.05, 0.1) is 0 Å². The molecule has 0 saturated heterocycles. The zero-order valence-corrected chi connectivity index (χ0v) is 10.8. The fraction of sp³-hybridized carbons (Fsp3) is 0.917. The van der Waals surface area contributed by atoms with E-state index in [1.54, 1.807) is 0 Å². The van der Waals surface area contributed by atoms with E-state index in [4.69, 9.17) is 0 Å². The summed E-state index contributed by atoms with van der Waals surface area (Å²) in [5.74, 6) is 2.42. The summed E-state index contributed by atoms with van der Waals surface area (Å²) in [7, 11) is 1.88. The average Bonchev–Trinajstić information content (AvgIpc) is 2.21. The van der Waals surface area contributed by atoms with Gasteiger partial charge >= 0.3 is 0 Å². The van der Waals surface area contributed by atoms with Gasteiger partial charge in [0.1, 0.15) is 0 Å². The van der Waals surface area contributed by atoms with E-state index in [2.05, 4.69) is 18.8 Å². The lowest BCUT2D eigenvalue weighted by atomic mass is 10.1. The molecule has 0 saturated carbocycles. The molecule has 0 spiro atoms. The molecule has 0 bridgehead atoms. The summed E-state index contributed by atoms with van der Waals surface area (Å²) in [4.78, 5) is 4.14. The molecular formula is C12H25NS. The van der Waals surface area contributed by atoms with Gasteiger partial charge in [0.2, 0.25) is 0 Å². The quantitative estimate of drug-likeness (QED) is 0.415. The monoisotopic (exact) mass is 215 g/mol. The predicted molar refractivity (Wildman–Crippen MR) is 69.7 cm³/mol. The first-order valence-electron chi connectivity index (χ1n) is 5.81.